The number of nitrogens with zero attached hydrogens (tertiary/aromatic N) is 5. The SMILES string of the molecule is Cc1cc(C#N)cnc1C(=O)Nc1ccc(F)c([C@@]2(C)N=C(N)C(C)(C)[S@]3(=O)=NCC[C@@H]23)n1. The Morgan fingerprint density at radius 3 is 2.76 bits per heavy atom. The van der Waals surface area contributed by atoms with Crippen molar-refractivity contribution < 1.29 is 13.4 Å². The summed E-state index contributed by atoms with van der Waals surface area (Å²) >= 11 is 0. The van der Waals surface area contributed by atoms with E-state index in [0.717, 1.165) is 0 Å². The van der Waals surface area contributed by atoms with E-state index in [-0.39, 0.29) is 23.0 Å². The number of nitriles is 1. The lowest BCUT2D eigenvalue weighted by Crippen LogP contribution is -2.58. The van der Waals surface area contributed by atoms with Crippen LogP contribution in [0.5, 0.6) is 0 Å². The zero-order chi connectivity index (χ0) is 24.2. The maximum atomic E-state index is 15.1. The highest BCUT2D eigenvalue weighted by atomic mass is 32.2. The van der Waals surface area contributed by atoms with Crippen molar-refractivity contribution in [1.29, 1.82) is 5.26 Å². The Bertz CT molecular complexity index is 1370. The number of nitrogens with two attached hydrogens (primary N) is 1. The molecule has 0 aromatic carbocycles. The maximum Gasteiger partial charge on any atom is 0.275 e. The molecule has 0 saturated carbocycles. The van der Waals surface area contributed by atoms with Gasteiger partial charge in [0, 0.05) is 12.7 Å². The number of amides is 1. The fraction of sp³-hybridized carbons (Fsp3) is 0.409. The standard InChI is InChI=1S/C22H24FN7O2S/c1-12-9-13(10-24)11-26-17(12)19(31)29-16-6-5-14(23)18(28-16)22(4)15-7-8-27-33(15,32)21(2,3)20(25)30-22/h5-6,9,11,15H,7-8H2,1-4H3,(H2,25,30)(H,28,29,31)/t15-,22-,33-/m0/s1. The van der Waals surface area contributed by atoms with Crippen LogP contribution in [0.2, 0.25) is 0 Å². The van der Waals surface area contributed by atoms with E-state index in [9.17, 15) is 9.00 Å². The van der Waals surface area contributed by atoms with Crippen molar-refractivity contribution in [3.05, 3.63) is 52.7 Å². The third-order valence-corrected chi connectivity index (χ3v) is 10.1. The van der Waals surface area contributed by atoms with Crippen LogP contribution in [0.15, 0.2) is 33.8 Å². The van der Waals surface area contributed by atoms with Gasteiger partial charge in [-0.25, -0.2) is 22.9 Å². The van der Waals surface area contributed by atoms with Crippen LogP contribution in [-0.2, 0) is 15.3 Å². The molecule has 0 unspecified atom stereocenters. The van der Waals surface area contributed by atoms with Crippen LogP contribution in [0.1, 0.15) is 54.5 Å². The minimum Gasteiger partial charge on any atom is -0.386 e. The Morgan fingerprint density at radius 1 is 1.36 bits per heavy atom. The molecule has 3 N–H and O–H groups in total. The lowest BCUT2D eigenvalue weighted by Gasteiger charge is -2.44. The molecule has 0 radical (unpaired) electrons. The van der Waals surface area contributed by atoms with Crippen LogP contribution in [0, 0.1) is 24.1 Å². The summed E-state index contributed by atoms with van der Waals surface area (Å²) in [5, 5.41) is 11.0. The number of aliphatic imine (C=N–C) groups is 1. The number of carbonyl (C=O) groups excluding carboxylic acids is 1. The van der Waals surface area contributed by atoms with E-state index in [1.807, 2.05) is 6.07 Å². The van der Waals surface area contributed by atoms with E-state index in [0.29, 0.717) is 24.1 Å². The number of amidine groups is 1. The van der Waals surface area contributed by atoms with E-state index >= 15 is 4.39 Å². The Kier molecular flexibility index (Phi) is 5.24. The molecule has 2 aliphatic heterocycles. The number of hydrogen-bond acceptors (Lipinski definition) is 8. The van der Waals surface area contributed by atoms with Crippen LogP contribution >= 0.6 is 0 Å². The van der Waals surface area contributed by atoms with Gasteiger partial charge in [0.25, 0.3) is 5.91 Å². The number of anilines is 1. The first-order valence-corrected chi connectivity index (χ1v) is 11.9. The summed E-state index contributed by atoms with van der Waals surface area (Å²) in [5.74, 6) is -0.985. The van der Waals surface area contributed by atoms with Gasteiger partial charge in [-0.2, -0.15) is 5.26 Å². The maximum absolute atomic E-state index is 15.1. The Labute approximate surface area is 191 Å². The van der Waals surface area contributed by atoms with Crippen LogP contribution < -0.4 is 11.1 Å². The first-order chi connectivity index (χ1) is 15.4. The monoisotopic (exact) mass is 469 g/mol. The molecule has 1 amide bonds. The van der Waals surface area contributed by atoms with E-state index in [1.165, 1.54) is 18.3 Å². The molecule has 4 heterocycles. The average molecular weight is 470 g/mol. The molecule has 33 heavy (non-hydrogen) atoms. The second-order valence-electron chi connectivity index (χ2n) is 8.84. The second-order valence-corrected chi connectivity index (χ2v) is 11.8. The summed E-state index contributed by atoms with van der Waals surface area (Å²) in [6.45, 7) is 7.16. The molecule has 0 fully saturated rings. The second kappa shape index (κ2) is 7.59. The van der Waals surface area contributed by atoms with Gasteiger partial charge in [0.05, 0.1) is 20.5 Å². The van der Waals surface area contributed by atoms with E-state index in [1.54, 1.807) is 33.8 Å². The number of aromatic nitrogens is 2. The van der Waals surface area contributed by atoms with Crippen molar-refractivity contribution in [3.8, 4) is 6.07 Å². The summed E-state index contributed by atoms with van der Waals surface area (Å²) < 4.78 is 32.4. The van der Waals surface area contributed by atoms with E-state index in [4.69, 9.17) is 11.0 Å². The van der Waals surface area contributed by atoms with Gasteiger partial charge in [0.2, 0.25) is 0 Å². The summed E-state index contributed by atoms with van der Waals surface area (Å²) in [7, 11) is -2.85. The lowest BCUT2D eigenvalue weighted by atomic mass is 9.89. The summed E-state index contributed by atoms with van der Waals surface area (Å²) in [4.78, 5) is 25.7. The summed E-state index contributed by atoms with van der Waals surface area (Å²) in [5.41, 5.74) is 5.80. The number of rotatable bonds is 3. The van der Waals surface area contributed by atoms with Crippen LogP contribution in [0.25, 0.3) is 0 Å². The molecule has 2 aliphatic rings. The van der Waals surface area contributed by atoms with Gasteiger partial charge in [-0.05, 0) is 57.9 Å². The molecule has 2 aromatic heterocycles. The number of fused-ring (bicyclic) bond motifs is 1. The molecule has 0 saturated heterocycles. The van der Waals surface area contributed by atoms with Crippen LogP contribution in [-0.4, -0.2) is 42.5 Å². The number of hydrogen-bond donors (Lipinski definition) is 2. The Morgan fingerprint density at radius 2 is 2.09 bits per heavy atom. The molecule has 0 aliphatic carbocycles. The molecule has 11 heteroatoms. The third-order valence-electron chi connectivity index (χ3n) is 6.38. The number of aryl methyl sites for hydroxylation is 1. The first-order valence-electron chi connectivity index (χ1n) is 10.4. The lowest BCUT2D eigenvalue weighted by molar-refractivity contribution is 0.102. The highest BCUT2D eigenvalue weighted by Gasteiger charge is 2.57. The first kappa shape index (κ1) is 22.8. The van der Waals surface area contributed by atoms with Crippen LogP contribution in [0.4, 0.5) is 10.2 Å². The predicted molar refractivity (Wildman–Crippen MR) is 123 cm³/mol. The molecule has 2 aromatic rings. The summed E-state index contributed by atoms with van der Waals surface area (Å²) in [6.07, 6.45) is 1.76. The van der Waals surface area contributed by atoms with Crippen molar-refractivity contribution in [3.63, 3.8) is 0 Å². The molecule has 0 bridgehead atoms. The van der Waals surface area contributed by atoms with Crippen molar-refractivity contribution in [2.45, 2.75) is 49.7 Å². The molecule has 9 nitrogen and oxygen atoms in total. The van der Waals surface area contributed by atoms with Gasteiger partial charge in [0.15, 0.2) is 0 Å². The average Bonchev–Trinajstić information content (AvgIpc) is 3.18. The molecular formula is C22H24FN7O2S. The minimum absolute atomic E-state index is 0.0573. The quantitative estimate of drug-likeness (QED) is 0.706. The van der Waals surface area contributed by atoms with Gasteiger partial charge in [-0.3, -0.25) is 9.79 Å². The number of nitrogens with one attached hydrogen (secondary N) is 1. The Balaban J connectivity index is 1.75. The largest absolute Gasteiger partial charge is 0.386 e. The normalized spacial score (nSPS) is 27.6. The minimum atomic E-state index is -2.85. The van der Waals surface area contributed by atoms with Crippen molar-refractivity contribution in [2.24, 2.45) is 15.1 Å². The van der Waals surface area contributed by atoms with Gasteiger partial charge in [0.1, 0.15) is 45.2 Å². The van der Waals surface area contributed by atoms with E-state index in [2.05, 4.69) is 24.6 Å². The topological polar surface area (TPSA) is 146 Å². The molecular weight excluding hydrogens is 445 g/mol. The van der Waals surface area contributed by atoms with Gasteiger partial charge in [-0.1, -0.05) is 0 Å². The van der Waals surface area contributed by atoms with Gasteiger partial charge in [-0.15, -0.1) is 0 Å². The van der Waals surface area contributed by atoms with E-state index < -0.39 is 37.0 Å². The van der Waals surface area contributed by atoms with Gasteiger partial charge < -0.3 is 11.1 Å². The fourth-order valence-corrected chi connectivity index (χ4v) is 7.54. The smallest absolute Gasteiger partial charge is 0.275 e. The van der Waals surface area contributed by atoms with Crippen molar-refractivity contribution >= 4 is 27.3 Å². The zero-order valence-electron chi connectivity index (χ0n) is 18.7. The fourth-order valence-electron chi connectivity index (χ4n) is 4.39. The van der Waals surface area contributed by atoms with Crippen LogP contribution in [0.3, 0.4) is 0 Å². The third kappa shape index (κ3) is 3.36. The predicted octanol–water partition coefficient (Wildman–Crippen LogP) is 2.65. The molecule has 4 rings (SSSR count). The molecule has 0 spiro atoms. The number of halogens is 1. The highest BCUT2D eigenvalue weighted by Crippen LogP contribution is 2.47. The number of pyridine rings is 2. The zero-order valence-corrected chi connectivity index (χ0v) is 19.5. The highest BCUT2D eigenvalue weighted by molar-refractivity contribution is 7.96. The Hall–Kier alpha value is -3.39. The van der Waals surface area contributed by atoms with Crippen molar-refractivity contribution in [1.82, 2.24) is 9.97 Å². The number of carbonyl (C=O) groups is 1. The molecule has 3 atom stereocenters. The molecule has 172 valence electrons. The van der Waals surface area contributed by atoms with Gasteiger partial charge >= 0.3 is 0 Å². The van der Waals surface area contributed by atoms with Crippen molar-refractivity contribution in [2.75, 3.05) is 11.9 Å². The summed E-state index contributed by atoms with van der Waals surface area (Å²) in [6, 6.07) is 6.03.